The molecule has 0 aliphatic rings. The number of likely N-dealkylation sites (N-methyl/N-ethyl adjacent to an activating group) is 1. The Bertz CT molecular complexity index is 803. The van der Waals surface area contributed by atoms with Gasteiger partial charge in [0, 0.05) is 36.4 Å². The highest BCUT2D eigenvalue weighted by molar-refractivity contribution is 7.18. The first-order chi connectivity index (χ1) is 11.1. The fourth-order valence-corrected chi connectivity index (χ4v) is 3.56. The van der Waals surface area contributed by atoms with Crippen molar-refractivity contribution in [2.75, 3.05) is 18.5 Å². The summed E-state index contributed by atoms with van der Waals surface area (Å²) in [6.45, 7) is 4.49. The fourth-order valence-electron chi connectivity index (χ4n) is 2.55. The molecule has 0 aliphatic carbocycles. The summed E-state index contributed by atoms with van der Waals surface area (Å²) in [7, 11) is 1.95. The van der Waals surface area contributed by atoms with E-state index in [4.69, 9.17) is 0 Å². The summed E-state index contributed by atoms with van der Waals surface area (Å²) in [5.74, 6) is 1.62. The van der Waals surface area contributed by atoms with E-state index in [2.05, 4.69) is 27.9 Å². The van der Waals surface area contributed by atoms with Gasteiger partial charge in [0.2, 0.25) is 0 Å². The molecule has 6 heteroatoms. The molecule has 1 unspecified atom stereocenters. The molecule has 23 heavy (non-hydrogen) atoms. The molecular formula is C17H20N4OS. The molecule has 0 saturated heterocycles. The van der Waals surface area contributed by atoms with Gasteiger partial charge in [-0.2, -0.15) is 0 Å². The van der Waals surface area contributed by atoms with Gasteiger partial charge in [0.05, 0.1) is 11.5 Å². The van der Waals surface area contributed by atoms with Gasteiger partial charge in [0.15, 0.2) is 0 Å². The number of hydrogen-bond donors (Lipinski definition) is 1. The van der Waals surface area contributed by atoms with Crippen molar-refractivity contribution in [2.45, 2.75) is 26.4 Å². The number of rotatable bonds is 5. The van der Waals surface area contributed by atoms with E-state index in [1.165, 1.54) is 4.88 Å². The quantitative estimate of drug-likeness (QED) is 0.779. The predicted molar refractivity (Wildman–Crippen MR) is 94.0 cm³/mol. The number of pyridine rings is 1. The Morgan fingerprint density at radius 3 is 2.87 bits per heavy atom. The van der Waals surface area contributed by atoms with Crippen LogP contribution < -0.4 is 4.90 Å². The Balaban J connectivity index is 1.91. The number of aryl methyl sites for hydroxylation is 2. The standard InChI is InChI=1S/C17H20N4OS/c1-4-13-8-14-16(19-11(2)20-17(14)23-13)21(3)10-15(22)12-6-5-7-18-9-12/h5-9,15,22H,4,10H2,1-3H3. The van der Waals surface area contributed by atoms with Gasteiger partial charge in [-0.15, -0.1) is 11.3 Å². The van der Waals surface area contributed by atoms with Gasteiger partial charge in [-0.3, -0.25) is 4.98 Å². The maximum Gasteiger partial charge on any atom is 0.140 e. The molecule has 0 fully saturated rings. The summed E-state index contributed by atoms with van der Waals surface area (Å²) in [5.41, 5.74) is 0.806. The van der Waals surface area contributed by atoms with E-state index in [1.54, 1.807) is 23.7 Å². The van der Waals surface area contributed by atoms with Crippen molar-refractivity contribution in [3.63, 3.8) is 0 Å². The molecule has 5 nitrogen and oxygen atoms in total. The number of nitrogens with zero attached hydrogens (tertiary/aromatic N) is 4. The molecule has 0 bridgehead atoms. The van der Waals surface area contributed by atoms with E-state index in [0.717, 1.165) is 33.8 Å². The lowest BCUT2D eigenvalue weighted by atomic mass is 10.1. The van der Waals surface area contributed by atoms with Gasteiger partial charge in [-0.1, -0.05) is 13.0 Å². The van der Waals surface area contributed by atoms with Crippen molar-refractivity contribution < 1.29 is 5.11 Å². The second-order valence-corrected chi connectivity index (χ2v) is 6.68. The third-order valence-electron chi connectivity index (χ3n) is 3.76. The molecule has 1 N–H and O–H groups in total. The lowest BCUT2D eigenvalue weighted by molar-refractivity contribution is 0.184. The van der Waals surface area contributed by atoms with Crippen LogP contribution in [0.4, 0.5) is 5.82 Å². The van der Waals surface area contributed by atoms with Crippen molar-refractivity contribution in [1.29, 1.82) is 0 Å². The average molecular weight is 328 g/mol. The number of fused-ring (bicyclic) bond motifs is 1. The van der Waals surface area contributed by atoms with Crippen LogP contribution in [-0.4, -0.2) is 33.7 Å². The molecule has 0 aromatic carbocycles. The summed E-state index contributed by atoms with van der Waals surface area (Å²) in [5, 5.41) is 11.5. The minimum atomic E-state index is -0.608. The molecule has 3 rings (SSSR count). The highest BCUT2D eigenvalue weighted by Crippen LogP contribution is 2.31. The summed E-state index contributed by atoms with van der Waals surface area (Å²) in [6, 6.07) is 5.87. The van der Waals surface area contributed by atoms with Crippen molar-refractivity contribution >= 4 is 27.4 Å². The first kappa shape index (κ1) is 15.8. The minimum absolute atomic E-state index is 0.453. The van der Waals surface area contributed by atoms with E-state index in [-0.39, 0.29) is 0 Å². The van der Waals surface area contributed by atoms with Gasteiger partial charge >= 0.3 is 0 Å². The lowest BCUT2D eigenvalue weighted by Gasteiger charge is -2.22. The van der Waals surface area contributed by atoms with Crippen molar-refractivity contribution in [3.05, 3.63) is 46.9 Å². The fraction of sp³-hybridized carbons (Fsp3) is 0.353. The molecule has 3 heterocycles. The lowest BCUT2D eigenvalue weighted by Crippen LogP contribution is -2.25. The molecule has 0 amide bonds. The molecular weight excluding hydrogens is 308 g/mol. The largest absolute Gasteiger partial charge is 0.386 e. The zero-order valence-electron chi connectivity index (χ0n) is 13.5. The minimum Gasteiger partial charge on any atom is -0.386 e. The Morgan fingerprint density at radius 1 is 1.35 bits per heavy atom. The van der Waals surface area contributed by atoms with E-state index in [0.29, 0.717) is 6.54 Å². The molecule has 3 aromatic rings. The summed E-state index contributed by atoms with van der Waals surface area (Å²) in [6.07, 6.45) is 3.78. The number of anilines is 1. The molecule has 0 radical (unpaired) electrons. The molecule has 3 aromatic heterocycles. The summed E-state index contributed by atoms with van der Waals surface area (Å²) >= 11 is 1.71. The van der Waals surface area contributed by atoms with E-state index in [9.17, 15) is 5.11 Å². The molecule has 120 valence electrons. The van der Waals surface area contributed by atoms with Crippen LogP contribution in [-0.2, 0) is 6.42 Å². The van der Waals surface area contributed by atoms with E-state index >= 15 is 0 Å². The second-order valence-electron chi connectivity index (χ2n) is 5.56. The zero-order valence-corrected chi connectivity index (χ0v) is 14.3. The van der Waals surface area contributed by atoms with Crippen LogP contribution in [0, 0.1) is 6.92 Å². The van der Waals surface area contributed by atoms with Crippen LogP contribution in [0.15, 0.2) is 30.6 Å². The maximum absolute atomic E-state index is 10.4. The van der Waals surface area contributed by atoms with Gasteiger partial charge in [0.1, 0.15) is 16.5 Å². The Morgan fingerprint density at radius 2 is 2.17 bits per heavy atom. The number of thiophene rings is 1. The molecule has 0 spiro atoms. The van der Waals surface area contributed by atoms with Gasteiger partial charge < -0.3 is 10.0 Å². The summed E-state index contributed by atoms with van der Waals surface area (Å²) in [4.78, 5) is 17.5. The van der Waals surface area contributed by atoms with Gasteiger partial charge in [-0.25, -0.2) is 9.97 Å². The smallest absolute Gasteiger partial charge is 0.140 e. The van der Waals surface area contributed by atoms with Crippen molar-refractivity contribution in [3.8, 4) is 0 Å². The summed E-state index contributed by atoms with van der Waals surface area (Å²) < 4.78 is 0. The normalized spacial score (nSPS) is 12.5. The van der Waals surface area contributed by atoms with Crippen molar-refractivity contribution in [1.82, 2.24) is 15.0 Å². The van der Waals surface area contributed by atoms with E-state index < -0.39 is 6.10 Å². The number of aliphatic hydroxyl groups excluding tert-OH is 1. The van der Waals surface area contributed by atoms with Crippen LogP contribution in [0.25, 0.3) is 10.2 Å². The first-order valence-corrected chi connectivity index (χ1v) is 8.46. The van der Waals surface area contributed by atoms with Gasteiger partial charge in [0.25, 0.3) is 0 Å². The van der Waals surface area contributed by atoms with Crippen molar-refractivity contribution in [2.24, 2.45) is 0 Å². The number of hydrogen-bond acceptors (Lipinski definition) is 6. The average Bonchev–Trinajstić information content (AvgIpc) is 2.97. The Kier molecular flexibility index (Phi) is 4.54. The Hall–Kier alpha value is -2.05. The molecule has 1 atom stereocenters. The van der Waals surface area contributed by atoms with Crippen LogP contribution in [0.5, 0.6) is 0 Å². The second kappa shape index (κ2) is 6.60. The highest BCUT2D eigenvalue weighted by atomic mass is 32.1. The molecule has 0 saturated carbocycles. The molecule has 0 aliphatic heterocycles. The number of aliphatic hydroxyl groups is 1. The van der Waals surface area contributed by atoms with Crippen LogP contribution in [0.1, 0.15) is 29.3 Å². The third-order valence-corrected chi connectivity index (χ3v) is 4.93. The SMILES string of the molecule is CCc1cc2c(N(C)CC(O)c3cccnc3)nc(C)nc2s1. The van der Waals surface area contributed by atoms with Crippen LogP contribution in [0.2, 0.25) is 0 Å². The van der Waals surface area contributed by atoms with Gasteiger partial charge in [-0.05, 0) is 25.5 Å². The Labute approximate surface area is 139 Å². The number of aromatic nitrogens is 3. The zero-order chi connectivity index (χ0) is 16.4. The van der Waals surface area contributed by atoms with E-state index in [1.807, 2.05) is 31.0 Å². The van der Waals surface area contributed by atoms with Crippen LogP contribution in [0.3, 0.4) is 0 Å². The monoisotopic (exact) mass is 328 g/mol. The first-order valence-electron chi connectivity index (χ1n) is 7.64. The maximum atomic E-state index is 10.4. The topological polar surface area (TPSA) is 62.1 Å². The highest BCUT2D eigenvalue weighted by Gasteiger charge is 2.17. The third kappa shape index (κ3) is 3.33. The van der Waals surface area contributed by atoms with Crippen LogP contribution >= 0.6 is 11.3 Å². The predicted octanol–water partition coefficient (Wildman–Crippen LogP) is 3.13.